The molecule has 3 atom stereocenters. The number of carboxylic acids is 1. The highest BCUT2D eigenvalue weighted by molar-refractivity contribution is 6.11. The van der Waals surface area contributed by atoms with E-state index in [9.17, 15) is 19.5 Å². The molecule has 1 aliphatic heterocycles. The van der Waals surface area contributed by atoms with Gasteiger partial charge in [0.2, 0.25) is 11.8 Å². The Kier molecular flexibility index (Phi) is 2.62. The lowest BCUT2D eigenvalue weighted by Gasteiger charge is -2.24. The van der Waals surface area contributed by atoms with Crippen molar-refractivity contribution in [1.82, 2.24) is 4.90 Å². The first-order chi connectivity index (χ1) is 9.09. The van der Waals surface area contributed by atoms with Gasteiger partial charge in [-0.2, -0.15) is 0 Å². The maximum Gasteiger partial charge on any atom is 0.327 e. The Hall–Kier alpha value is -2.17. The van der Waals surface area contributed by atoms with Crippen LogP contribution in [0.15, 0.2) is 30.3 Å². The van der Waals surface area contributed by atoms with Crippen LogP contribution in [-0.2, 0) is 20.8 Å². The number of aliphatic carboxylic acids is 1. The molecule has 0 bridgehead atoms. The van der Waals surface area contributed by atoms with Crippen LogP contribution in [-0.4, -0.2) is 33.8 Å². The fraction of sp³-hybridized carbons (Fsp3) is 0.357. The van der Waals surface area contributed by atoms with Gasteiger partial charge in [-0.1, -0.05) is 30.3 Å². The van der Waals surface area contributed by atoms with Crippen LogP contribution in [0.5, 0.6) is 0 Å². The second kappa shape index (κ2) is 4.19. The minimum absolute atomic E-state index is 0.160. The van der Waals surface area contributed by atoms with Crippen molar-refractivity contribution >= 4 is 17.8 Å². The fourth-order valence-corrected chi connectivity index (χ4v) is 2.64. The molecule has 1 aromatic carbocycles. The van der Waals surface area contributed by atoms with Gasteiger partial charge in [-0.25, -0.2) is 4.79 Å². The first-order valence-electron chi connectivity index (χ1n) is 6.23. The number of carbonyl (C=O) groups excluding carboxylic acids is 2. The molecule has 1 saturated carbocycles. The van der Waals surface area contributed by atoms with Crippen molar-refractivity contribution in [3.05, 3.63) is 35.9 Å². The van der Waals surface area contributed by atoms with Crippen LogP contribution in [0.3, 0.4) is 0 Å². The Labute approximate surface area is 109 Å². The van der Waals surface area contributed by atoms with Crippen LogP contribution in [0.25, 0.3) is 0 Å². The van der Waals surface area contributed by atoms with Crippen LogP contribution in [0, 0.1) is 11.8 Å². The Morgan fingerprint density at radius 2 is 1.79 bits per heavy atom. The SMILES string of the molecule is O=C(O)C(Cc1ccccc1)N1C(=O)C2CC2C1=O. The zero-order valence-electron chi connectivity index (χ0n) is 10.2. The molecule has 0 aromatic heterocycles. The molecule has 1 aliphatic carbocycles. The van der Waals surface area contributed by atoms with Gasteiger partial charge in [0, 0.05) is 6.42 Å². The van der Waals surface area contributed by atoms with Crippen molar-refractivity contribution in [2.45, 2.75) is 18.9 Å². The molecule has 2 aliphatic rings. The van der Waals surface area contributed by atoms with Gasteiger partial charge in [-0.3, -0.25) is 14.5 Å². The number of carboxylic acid groups (broad SMARTS) is 1. The lowest BCUT2D eigenvalue weighted by molar-refractivity contribution is -0.155. The van der Waals surface area contributed by atoms with E-state index in [-0.39, 0.29) is 30.1 Å². The van der Waals surface area contributed by atoms with E-state index in [0.29, 0.717) is 6.42 Å². The first kappa shape index (κ1) is 11.9. The van der Waals surface area contributed by atoms with E-state index >= 15 is 0 Å². The number of rotatable bonds is 4. The number of nitrogens with zero attached hydrogens (tertiary/aromatic N) is 1. The third kappa shape index (κ3) is 1.91. The molecular weight excluding hydrogens is 246 g/mol. The van der Waals surface area contributed by atoms with Gasteiger partial charge in [-0.15, -0.1) is 0 Å². The van der Waals surface area contributed by atoms with E-state index in [4.69, 9.17) is 0 Å². The van der Waals surface area contributed by atoms with Crippen LogP contribution in [0.2, 0.25) is 0 Å². The van der Waals surface area contributed by atoms with Crippen LogP contribution >= 0.6 is 0 Å². The van der Waals surface area contributed by atoms with Gasteiger partial charge in [0.25, 0.3) is 0 Å². The summed E-state index contributed by atoms with van der Waals surface area (Å²) < 4.78 is 0. The summed E-state index contributed by atoms with van der Waals surface area (Å²) in [6.45, 7) is 0. The average molecular weight is 259 g/mol. The van der Waals surface area contributed by atoms with Crippen molar-refractivity contribution in [1.29, 1.82) is 0 Å². The molecule has 1 N–H and O–H groups in total. The van der Waals surface area contributed by atoms with E-state index in [1.54, 1.807) is 24.3 Å². The van der Waals surface area contributed by atoms with E-state index in [0.717, 1.165) is 10.5 Å². The van der Waals surface area contributed by atoms with Gasteiger partial charge >= 0.3 is 5.97 Å². The highest BCUT2D eigenvalue weighted by Crippen LogP contribution is 2.47. The number of carbonyl (C=O) groups is 3. The second-order valence-corrected chi connectivity index (χ2v) is 5.04. The number of hydrogen-bond donors (Lipinski definition) is 1. The number of likely N-dealkylation sites (tertiary alicyclic amines) is 1. The summed E-state index contributed by atoms with van der Waals surface area (Å²) >= 11 is 0. The molecule has 0 radical (unpaired) electrons. The number of hydrogen-bond acceptors (Lipinski definition) is 3. The summed E-state index contributed by atoms with van der Waals surface area (Å²) in [4.78, 5) is 36.2. The smallest absolute Gasteiger partial charge is 0.327 e. The molecule has 5 nitrogen and oxygen atoms in total. The predicted molar refractivity (Wildman–Crippen MR) is 65.0 cm³/mol. The van der Waals surface area contributed by atoms with Gasteiger partial charge in [-0.05, 0) is 12.0 Å². The second-order valence-electron chi connectivity index (χ2n) is 5.04. The summed E-state index contributed by atoms with van der Waals surface area (Å²) in [5, 5.41) is 9.29. The first-order valence-corrected chi connectivity index (χ1v) is 6.23. The molecule has 19 heavy (non-hydrogen) atoms. The molecule has 3 rings (SSSR count). The largest absolute Gasteiger partial charge is 0.480 e. The van der Waals surface area contributed by atoms with Crippen molar-refractivity contribution in [2.75, 3.05) is 0 Å². The number of benzene rings is 1. The third-order valence-corrected chi connectivity index (χ3v) is 3.77. The summed E-state index contributed by atoms with van der Waals surface area (Å²) in [6.07, 6.45) is 0.749. The van der Waals surface area contributed by atoms with Gasteiger partial charge in [0.1, 0.15) is 6.04 Å². The maximum atomic E-state index is 11.9. The molecule has 2 amide bonds. The molecule has 1 heterocycles. The highest BCUT2D eigenvalue weighted by Gasteiger charge is 2.61. The number of amides is 2. The Balaban J connectivity index is 1.84. The van der Waals surface area contributed by atoms with Crippen molar-refractivity contribution in [2.24, 2.45) is 11.8 Å². The molecule has 3 unspecified atom stereocenters. The Morgan fingerprint density at radius 1 is 1.21 bits per heavy atom. The lowest BCUT2D eigenvalue weighted by atomic mass is 10.0. The molecule has 0 spiro atoms. The highest BCUT2D eigenvalue weighted by atomic mass is 16.4. The Bertz CT molecular complexity index is 534. The minimum Gasteiger partial charge on any atom is -0.480 e. The quantitative estimate of drug-likeness (QED) is 0.807. The predicted octanol–water partition coefficient (Wildman–Crippen LogP) is 0.687. The summed E-state index contributed by atoms with van der Waals surface area (Å²) in [6, 6.07) is 7.94. The van der Waals surface area contributed by atoms with Crippen molar-refractivity contribution in [3.8, 4) is 0 Å². The lowest BCUT2D eigenvalue weighted by Crippen LogP contribution is -2.47. The number of piperidine rings is 1. The van der Waals surface area contributed by atoms with Crippen LogP contribution in [0.1, 0.15) is 12.0 Å². The fourth-order valence-electron chi connectivity index (χ4n) is 2.64. The van der Waals surface area contributed by atoms with E-state index in [1.807, 2.05) is 6.07 Å². The number of fused-ring (bicyclic) bond motifs is 1. The zero-order valence-corrected chi connectivity index (χ0v) is 10.2. The van der Waals surface area contributed by atoms with Crippen LogP contribution < -0.4 is 0 Å². The molecule has 5 heteroatoms. The minimum atomic E-state index is -1.13. The molecule has 98 valence electrons. The van der Waals surface area contributed by atoms with Crippen molar-refractivity contribution in [3.63, 3.8) is 0 Å². The van der Waals surface area contributed by atoms with E-state index < -0.39 is 12.0 Å². The van der Waals surface area contributed by atoms with Gasteiger partial charge < -0.3 is 5.11 Å². The van der Waals surface area contributed by atoms with Crippen molar-refractivity contribution < 1.29 is 19.5 Å². The summed E-state index contributed by atoms with van der Waals surface area (Å²) in [5.41, 5.74) is 0.802. The molecule has 2 fully saturated rings. The van der Waals surface area contributed by atoms with E-state index in [2.05, 4.69) is 0 Å². The molecule has 1 aromatic rings. The summed E-state index contributed by atoms with van der Waals surface area (Å²) in [5.74, 6) is -2.29. The van der Waals surface area contributed by atoms with E-state index in [1.165, 1.54) is 0 Å². The zero-order chi connectivity index (χ0) is 13.6. The van der Waals surface area contributed by atoms with Gasteiger partial charge in [0.15, 0.2) is 0 Å². The van der Waals surface area contributed by atoms with Crippen LogP contribution in [0.4, 0.5) is 0 Å². The maximum absolute atomic E-state index is 11.9. The number of imide groups is 1. The monoisotopic (exact) mass is 259 g/mol. The molecule has 1 saturated heterocycles. The standard InChI is InChI=1S/C14H13NO4/c16-12-9-7-10(9)13(17)15(12)11(14(18)19)6-8-4-2-1-3-5-8/h1-5,9-11H,6-7H2,(H,18,19). The average Bonchev–Trinajstić information content (AvgIpc) is 3.14. The normalized spacial score (nSPS) is 26.2. The molecular formula is C14H13NO4. The summed E-state index contributed by atoms with van der Waals surface area (Å²) in [7, 11) is 0. The topological polar surface area (TPSA) is 74.7 Å². The Morgan fingerprint density at radius 3 is 2.32 bits per heavy atom. The van der Waals surface area contributed by atoms with Gasteiger partial charge in [0.05, 0.1) is 11.8 Å². The third-order valence-electron chi connectivity index (χ3n) is 3.77.